The molecule has 0 unspecified atom stereocenters. The molecule has 240 valence electrons. The third-order valence-electron chi connectivity index (χ3n) is 7.82. The van der Waals surface area contributed by atoms with E-state index < -0.39 is 23.8 Å². The van der Waals surface area contributed by atoms with Crippen LogP contribution in [0.2, 0.25) is 0 Å². The van der Waals surface area contributed by atoms with Crippen molar-refractivity contribution in [2.45, 2.75) is 64.7 Å². The zero-order valence-corrected chi connectivity index (χ0v) is 26.6. The van der Waals surface area contributed by atoms with Crippen LogP contribution in [0.3, 0.4) is 0 Å². The fourth-order valence-corrected chi connectivity index (χ4v) is 5.04. The van der Waals surface area contributed by atoms with Crippen LogP contribution < -0.4 is 9.47 Å². The zero-order chi connectivity index (χ0) is 33.1. The van der Waals surface area contributed by atoms with Crippen LogP contribution in [0.4, 0.5) is 4.79 Å². The summed E-state index contributed by atoms with van der Waals surface area (Å²) in [5, 5.41) is 0. The van der Waals surface area contributed by atoms with Gasteiger partial charge in [0.15, 0.2) is 0 Å². The molecule has 1 aliphatic rings. The van der Waals surface area contributed by atoms with Crippen LogP contribution in [0, 0.1) is 0 Å². The monoisotopic (exact) mass is 624 g/mol. The number of benzene rings is 3. The van der Waals surface area contributed by atoms with Gasteiger partial charge in [0.1, 0.15) is 17.1 Å². The molecular formula is C37H40N2O7. The SMILES string of the molecule is CCCCCCCCCCC(=O)Oc1ccc(-c2ccc(C(=O)Oc3ccc(C=C4C(=O)N(C)C(=O)N(C)C4=O)cc3)cc2)cc1. The number of carbonyl (C=O) groups is 5. The van der Waals surface area contributed by atoms with Crippen molar-refractivity contribution < 1.29 is 33.4 Å². The Bertz CT molecular complexity index is 1550. The molecule has 9 heteroatoms. The topological polar surface area (TPSA) is 110 Å². The maximum atomic E-state index is 12.7. The van der Waals surface area contributed by atoms with Gasteiger partial charge in [0.25, 0.3) is 11.8 Å². The summed E-state index contributed by atoms with van der Waals surface area (Å²) in [6.45, 7) is 2.21. The van der Waals surface area contributed by atoms with Crippen molar-refractivity contribution in [3.8, 4) is 22.6 Å². The van der Waals surface area contributed by atoms with E-state index in [9.17, 15) is 24.0 Å². The van der Waals surface area contributed by atoms with Crippen molar-refractivity contribution in [2.24, 2.45) is 0 Å². The number of imide groups is 2. The molecule has 0 aromatic heterocycles. The summed E-state index contributed by atoms with van der Waals surface area (Å²) in [4.78, 5) is 63.5. The number of hydrogen-bond donors (Lipinski definition) is 0. The molecule has 4 rings (SSSR count). The Kier molecular flexibility index (Phi) is 12.0. The lowest BCUT2D eigenvalue weighted by Gasteiger charge is -2.28. The van der Waals surface area contributed by atoms with Crippen molar-refractivity contribution in [1.82, 2.24) is 9.80 Å². The van der Waals surface area contributed by atoms with Crippen LogP contribution in [0.1, 0.15) is 80.6 Å². The minimum Gasteiger partial charge on any atom is -0.427 e. The Morgan fingerprint density at radius 1 is 0.630 bits per heavy atom. The van der Waals surface area contributed by atoms with Crippen molar-refractivity contribution in [2.75, 3.05) is 14.1 Å². The van der Waals surface area contributed by atoms with Gasteiger partial charge in [0, 0.05) is 20.5 Å². The molecule has 1 heterocycles. The molecule has 0 aliphatic carbocycles. The highest BCUT2D eigenvalue weighted by atomic mass is 16.5. The fourth-order valence-electron chi connectivity index (χ4n) is 5.04. The second-order valence-electron chi connectivity index (χ2n) is 11.3. The van der Waals surface area contributed by atoms with Gasteiger partial charge >= 0.3 is 18.0 Å². The quantitative estimate of drug-likeness (QED) is 0.0603. The number of amides is 4. The van der Waals surface area contributed by atoms with Crippen LogP contribution in [0.15, 0.2) is 78.4 Å². The second-order valence-corrected chi connectivity index (χ2v) is 11.3. The van der Waals surface area contributed by atoms with Gasteiger partial charge in [-0.2, -0.15) is 0 Å². The lowest BCUT2D eigenvalue weighted by molar-refractivity contribution is -0.135. The molecule has 3 aromatic carbocycles. The number of barbiturate groups is 1. The van der Waals surface area contributed by atoms with E-state index >= 15 is 0 Å². The molecule has 3 aromatic rings. The smallest absolute Gasteiger partial charge is 0.343 e. The van der Waals surface area contributed by atoms with Gasteiger partial charge in [0.05, 0.1) is 5.56 Å². The van der Waals surface area contributed by atoms with E-state index in [1.807, 2.05) is 24.3 Å². The number of urea groups is 1. The number of rotatable bonds is 14. The largest absolute Gasteiger partial charge is 0.427 e. The molecule has 9 nitrogen and oxygen atoms in total. The molecule has 46 heavy (non-hydrogen) atoms. The number of carbonyl (C=O) groups excluding carboxylic acids is 5. The lowest BCUT2D eigenvalue weighted by Crippen LogP contribution is -2.52. The van der Waals surface area contributed by atoms with E-state index in [0.29, 0.717) is 23.3 Å². The maximum Gasteiger partial charge on any atom is 0.343 e. The fraction of sp³-hybridized carbons (Fsp3) is 0.324. The summed E-state index contributed by atoms with van der Waals surface area (Å²) in [6, 6.07) is 19.8. The average Bonchev–Trinajstić information content (AvgIpc) is 3.07. The number of unbranched alkanes of at least 4 members (excludes halogenated alkanes) is 7. The van der Waals surface area contributed by atoms with Gasteiger partial charge in [0.2, 0.25) is 0 Å². The van der Waals surface area contributed by atoms with Crippen LogP contribution in [-0.4, -0.2) is 53.7 Å². The third-order valence-corrected chi connectivity index (χ3v) is 7.82. The Balaban J connectivity index is 1.26. The van der Waals surface area contributed by atoms with E-state index in [0.717, 1.165) is 40.2 Å². The predicted molar refractivity (Wildman–Crippen MR) is 175 cm³/mol. The summed E-state index contributed by atoms with van der Waals surface area (Å²) in [7, 11) is 2.62. The molecular weight excluding hydrogens is 584 g/mol. The van der Waals surface area contributed by atoms with Gasteiger partial charge in [-0.05, 0) is 65.6 Å². The summed E-state index contributed by atoms with van der Waals surface area (Å²) in [5.41, 5.74) is 2.54. The van der Waals surface area contributed by atoms with Gasteiger partial charge in [-0.3, -0.25) is 24.2 Å². The van der Waals surface area contributed by atoms with Crippen molar-refractivity contribution >= 4 is 35.9 Å². The summed E-state index contributed by atoms with van der Waals surface area (Å²) < 4.78 is 11.0. The van der Waals surface area contributed by atoms with E-state index in [-0.39, 0.29) is 17.3 Å². The van der Waals surface area contributed by atoms with Crippen molar-refractivity contribution in [1.29, 1.82) is 0 Å². The van der Waals surface area contributed by atoms with Gasteiger partial charge in [-0.15, -0.1) is 0 Å². The molecule has 0 N–H and O–H groups in total. The molecule has 0 radical (unpaired) electrons. The van der Waals surface area contributed by atoms with Crippen molar-refractivity contribution in [3.63, 3.8) is 0 Å². The van der Waals surface area contributed by atoms with Crippen LogP contribution in [0.25, 0.3) is 17.2 Å². The molecule has 1 fully saturated rings. The van der Waals surface area contributed by atoms with E-state index in [1.165, 1.54) is 52.3 Å². The molecule has 0 atom stereocenters. The van der Waals surface area contributed by atoms with Crippen LogP contribution in [0.5, 0.6) is 11.5 Å². The Hall–Kier alpha value is -5.05. The normalized spacial score (nSPS) is 13.2. The zero-order valence-electron chi connectivity index (χ0n) is 26.6. The van der Waals surface area contributed by atoms with Gasteiger partial charge in [-0.25, -0.2) is 9.59 Å². The molecule has 4 amide bonds. The highest BCUT2D eigenvalue weighted by Gasteiger charge is 2.37. The number of hydrogen-bond acceptors (Lipinski definition) is 7. The Labute approximate surface area is 269 Å². The minimum atomic E-state index is -0.692. The summed E-state index contributed by atoms with van der Waals surface area (Å²) >= 11 is 0. The van der Waals surface area contributed by atoms with E-state index in [4.69, 9.17) is 9.47 Å². The standard InChI is InChI=1S/C37H40N2O7/c1-4-5-6-7-8-9-10-11-12-33(40)45-30-23-19-28(20-24-30)27-15-17-29(18-16-27)36(43)46-31-21-13-26(14-22-31)25-32-34(41)38(2)37(44)39(3)35(32)42/h13-25H,4-12H2,1-3H3. The minimum absolute atomic E-state index is 0.140. The first-order valence-electron chi connectivity index (χ1n) is 15.7. The number of ether oxygens (including phenoxy) is 2. The number of likely N-dealkylation sites (N-methyl/N-ethyl adjacent to an activating group) is 2. The average molecular weight is 625 g/mol. The molecule has 0 saturated carbocycles. The molecule has 1 aliphatic heterocycles. The van der Waals surface area contributed by atoms with E-state index in [2.05, 4.69) is 6.92 Å². The van der Waals surface area contributed by atoms with Crippen LogP contribution >= 0.6 is 0 Å². The molecule has 0 bridgehead atoms. The Morgan fingerprint density at radius 2 is 1.11 bits per heavy atom. The van der Waals surface area contributed by atoms with E-state index in [1.54, 1.807) is 48.5 Å². The first-order valence-corrected chi connectivity index (χ1v) is 15.7. The lowest BCUT2D eigenvalue weighted by atomic mass is 10.0. The van der Waals surface area contributed by atoms with Crippen LogP contribution in [-0.2, 0) is 14.4 Å². The molecule has 0 spiro atoms. The Morgan fingerprint density at radius 3 is 1.67 bits per heavy atom. The first-order chi connectivity index (χ1) is 22.2. The molecule has 1 saturated heterocycles. The number of esters is 2. The van der Waals surface area contributed by atoms with Gasteiger partial charge in [-0.1, -0.05) is 88.3 Å². The maximum absolute atomic E-state index is 12.7. The highest BCUT2D eigenvalue weighted by Crippen LogP contribution is 2.25. The van der Waals surface area contributed by atoms with Crippen molar-refractivity contribution in [3.05, 3.63) is 89.5 Å². The van der Waals surface area contributed by atoms with Gasteiger partial charge < -0.3 is 9.47 Å². The number of nitrogens with zero attached hydrogens (tertiary/aromatic N) is 2. The predicted octanol–water partition coefficient (Wildman–Crippen LogP) is 7.44. The summed E-state index contributed by atoms with van der Waals surface area (Å²) in [5.74, 6) is -1.35. The summed E-state index contributed by atoms with van der Waals surface area (Å²) in [6.07, 6.45) is 11.2. The third kappa shape index (κ3) is 9.00. The first kappa shape index (κ1) is 33.8. The highest BCUT2D eigenvalue weighted by molar-refractivity contribution is 6.30. The second kappa shape index (κ2) is 16.3.